The van der Waals surface area contributed by atoms with Gasteiger partial charge in [0.2, 0.25) is 11.7 Å². The molecular weight excluding hydrogens is 418 g/mol. The summed E-state index contributed by atoms with van der Waals surface area (Å²) in [6.45, 7) is 3.65. The number of esters is 1. The highest BCUT2D eigenvalue weighted by molar-refractivity contribution is 6.30. The molecule has 31 heavy (non-hydrogen) atoms. The van der Waals surface area contributed by atoms with Crippen molar-refractivity contribution in [3.05, 3.63) is 70.4 Å². The van der Waals surface area contributed by atoms with Gasteiger partial charge in [0.25, 0.3) is 0 Å². The van der Waals surface area contributed by atoms with Crippen LogP contribution < -0.4 is 4.90 Å². The van der Waals surface area contributed by atoms with Crippen LogP contribution in [0.25, 0.3) is 11.3 Å². The fraction of sp³-hybridized carbons (Fsp3) is 0.217. The lowest BCUT2D eigenvalue weighted by Gasteiger charge is -2.15. The Hall–Kier alpha value is -3.45. The number of halogens is 1. The Bertz CT molecular complexity index is 1170. The number of carbonyl (C=O) groups is 3. The summed E-state index contributed by atoms with van der Waals surface area (Å²) in [6.07, 6.45) is -0.288. The second-order valence-corrected chi connectivity index (χ2v) is 7.79. The zero-order valence-corrected chi connectivity index (χ0v) is 17.8. The third kappa shape index (κ3) is 4.22. The number of benzene rings is 2. The number of aromatic amines is 1. The number of anilines is 1. The monoisotopic (exact) mass is 437 g/mol. The number of fused-ring (bicyclic) bond motifs is 1. The van der Waals surface area contributed by atoms with Crippen molar-refractivity contribution < 1.29 is 19.1 Å². The quantitative estimate of drug-likeness (QED) is 0.480. The van der Waals surface area contributed by atoms with Gasteiger partial charge in [-0.2, -0.15) is 5.10 Å². The van der Waals surface area contributed by atoms with Gasteiger partial charge in [-0.05, 0) is 55.3 Å². The smallest absolute Gasteiger partial charge is 0.357 e. The average Bonchev–Trinajstić information content (AvgIpc) is 3.40. The summed E-state index contributed by atoms with van der Waals surface area (Å²) < 4.78 is 5.35. The van der Waals surface area contributed by atoms with Gasteiger partial charge in [-0.15, -0.1) is 0 Å². The lowest BCUT2D eigenvalue weighted by atomic mass is 10.0. The van der Waals surface area contributed by atoms with Crippen molar-refractivity contribution in [1.29, 1.82) is 0 Å². The van der Waals surface area contributed by atoms with Crippen molar-refractivity contribution in [3.63, 3.8) is 0 Å². The van der Waals surface area contributed by atoms with Gasteiger partial charge < -0.3 is 9.64 Å². The van der Waals surface area contributed by atoms with E-state index >= 15 is 0 Å². The van der Waals surface area contributed by atoms with Crippen LogP contribution in [0, 0.1) is 0 Å². The van der Waals surface area contributed by atoms with E-state index in [1.807, 2.05) is 0 Å². The third-order valence-electron chi connectivity index (χ3n) is 5.23. The minimum absolute atomic E-state index is 0.0300. The number of ether oxygens (including phenoxy) is 1. The van der Waals surface area contributed by atoms with Crippen molar-refractivity contribution in [2.45, 2.75) is 26.4 Å². The summed E-state index contributed by atoms with van der Waals surface area (Å²) in [7, 11) is 0. The second-order valence-electron chi connectivity index (χ2n) is 7.35. The number of nitrogens with one attached hydrogen (secondary N) is 1. The third-order valence-corrected chi connectivity index (χ3v) is 5.48. The maximum Gasteiger partial charge on any atom is 0.357 e. The van der Waals surface area contributed by atoms with Gasteiger partial charge in [0.1, 0.15) is 5.69 Å². The van der Waals surface area contributed by atoms with E-state index in [1.165, 1.54) is 13.8 Å². The van der Waals surface area contributed by atoms with E-state index in [-0.39, 0.29) is 17.4 Å². The Labute approximate surface area is 184 Å². The van der Waals surface area contributed by atoms with Crippen LogP contribution in [0.3, 0.4) is 0 Å². The average molecular weight is 438 g/mol. The number of hydrogen-bond donors (Lipinski definition) is 1. The molecule has 1 aromatic heterocycles. The summed E-state index contributed by atoms with van der Waals surface area (Å²) >= 11 is 5.89. The number of H-pyrrole nitrogens is 1. The second kappa shape index (κ2) is 8.35. The van der Waals surface area contributed by atoms with E-state index in [9.17, 15) is 14.4 Å². The number of nitrogens with zero attached hydrogens (tertiary/aromatic N) is 2. The predicted molar refractivity (Wildman–Crippen MR) is 116 cm³/mol. The minimum Gasteiger partial charge on any atom is -0.450 e. The highest BCUT2D eigenvalue weighted by Gasteiger charge is 2.26. The molecule has 0 unspecified atom stereocenters. The molecular formula is C23H20ClN3O4. The highest BCUT2D eigenvalue weighted by atomic mass is 35.5. The zero-order valence-electron chi connectivity index (χ0n) is 17.0. The SMILES string of the molecule is CC(=O)N1CCc2cc(C(=O)[C@@H](C)OC(=O)c3cc(-c4ccc(Cl)cc4)n[nH]3)ccc21. The molecule has 2 heterocycles. The van der Waals surface area contributed by atoms with E-state index in [0.29, 0.717) is 29.2 Å². The van der Waals surface area contributed by atoms with Crippen LogP contribution in [0.5, 0.6) is 0 Å². The van der Waals surface area contributed by atoms with Gasteiger partial charge in [-0.1, -0.05) is 23.7 Å². The highest BCUT2D eigenvalue weighted by Crippen LogP contribution is 2.29. The van der Waals surface area contributed by atoms with Crippen LogP contribution in [-0.2, 0) is 16.0 Å². The fourth-order valence-corrected chi connectivity index (χ4v) is 3.72. The molecule has 158 valence electrons. The minimum atomic E-state index is -0.974. The van der Waals surface area contributed by atoms with Crippen molar-refractivity contribution >= 4 is 34.9 Å². The summed E-state index contributed by atoms with van der Waals surface area (Å²) in [5.74, 6) is -1.01. The van der Waals surface area contributed by atoms with Crippen molar-refractivity contribution in [1.82, 2.24) is 10.2 Å². The first-order valence-corrected chi connectivity index (χ1v) is 10.2. The Balaban J connectivity index is 1.44. The van der Waals surface area contributed by atoms with Crippen molar-refractivity contribution in [3.8, 4) is 11.3 Å². The Kier molecular flexibility index (Phi) is 5.61. The van der Waals surface area contributed by atoms with Crippen LogP contribution in [0.2, 0.25) is 5.02 Å². The van der Waals surface area contributed by atoms with Gasteiger partial charge in [0, 0.05) is 35.3 Å². The van der Waals surface area contributed by atoms with Gasteiger partial charge in [0.15, 0.2) is 6.10 Å². The summed E-state index contributed by atoms with van der Waals surface area (Å²) in [6, 6.07) is 13.8. The molecule has 1 aliphatic heterocycles. The first-order valence-electron chi connectivity index (χ1n) is 9.81. The largest absolute Gasteiger partial charge is 0.450 e. The first-order chi connectivity index (χ1) is 14.8. The summed E-state index contributed by atoms with van der Waals surface area (Å²) in [5.41, 5.74) is 3.70. The van der Waals surface area contributed by atoms with Crippen LogP contribution in [-0.4, -0.2) is 40.5 Å². The summed E-state index contributed by atoms with van der Waals surface area (Å²) in [4.78, 5) is 38.6. The molecule has 0 saturated heterocycles. The number of ketones is 1. The number of hydrogen-bond acceptors (Lipinski definition) is 5. The Morgan fingerprint density at radius 1 is 1.13 bits per heavy atom. The number of carbonyl (C=O) groups excluding carboxylic acids is 3. The van der Waals surface area contributed by atoms with Crippen molar-refractivity contribution in [2.24, 2.45) is 0 Å². The van der Waals surface area contributed by atoms with E-state index in [0.717, 1.165) is 16.8 Å². The molecule has 4 rings (SSSR count). The summed E-state index contributed by atoms with van der Waals surface area (Å²) in [5, 5.41) is 7.37. The number of amides is 1. The molecule has 1 aliphatic rings. The van der Waals surface area contributed by atoms with Crippen molar-refractivity contribution in [2.75, 3.05) is 11.4 Å². The lowest BCUT2D eigenvalue weighted by molar-refractivity contribution is -0.116. The van der Waals surface area contributed by atoms with E-state index in [4.69, 9.17) is 16.3 Å². The van der Waals surface area contributed by atoms with Gasteiger partial charge >= 0.3 is 5.97 Å². The molecule has 0 aliphatic carbocycles. The molecule has 1 amide bonds. The molecule has 2 aromatic carbocycles. The molecule has 0 saturated carbocycles. The zero-order chi connectivity index (χ0) is 22.1. The molecule has 0 radical (unpaired) electrons. The van der Waals surface area contributed by atoms with Crippen LogP contribution in [0.15, 0.2) is 48.5 Å². The molecule has 1 N–H and O–H groups in total. The maximum atomic E-state index is 12.8. The molecule has 0 fully saturated rings. The Morgan fingerprint density at radius 3 is 2.58 bits per heavy atom. The van der Waals surface area contributed by atoms with E-state index < -0.39 is 12.1 Å². The van der Waals surface area contributed by atoms with Crippen LogP contribution in [0.1, 0.15) is 40.3 Å². The number of aromatic nitrogens is 2. The van der Waals surface area contributed by atoms with Crippen LogP contribution in [0.4, 0.5) is 5.69 Å². The topological polar surface area (TPSA) is 92.4 Å². The molecule has 0 bridgehead atoms. The van der Waals surface area contributed by atoms with E-state index in [2.05, 4.69) is 10.2 Å². The van der Waals surface area contributed by atoms with Gasteiger partial charge in [0.05, 0.1) is 5.69 Å². The molecule has 7 nitrogen and oxygen atoms in total. The standard InChI is InChI=1S/C23H20ClN3O4/c1-13(22(29)17-5-8-21-16(11-17)9-10-27(21)14(2)28)31-23(30)20-12-19(25-26-20)15-3-6-18(24)7-4-15/h3-8,11-13H,9-10H2,1-2H3,(H,25,26)/t13-/m1/s1. The predicted octanol–water partition coefficient (Wildman–Crippen LogP) is 4.07. The normalized spacial score (nSPS) is 13.6. The van der Waals surface area contributed by atoms with Gasteiger partial charge in [-0.3, -0.25) is 14.7 Å². The van der Waals surface area contributed by atoms with Gasteiger partial charge in [-0.25, -0.2) is 4.79 Å². The molecule has 3 aromatic rings. The number of Topliss-reactive ketones (excluding diaryl/α,β-unsaturated/α-hetero) is 1. The Morgan fingerprint density at radius 2 is 1.87 bits per heavy atom. The van der Waals surface area contributed by atoms with E-state index in [1.54, 1.807) is 53.4 Å². The maximum absolute atomic E-state index is 12.8. The molecule has 8 heteroatoms. The lowest BCUT2D eigenvalue weighted by Crippen LogP contribution is -2.26. The number of rotatable bonds is 5. The fourth-order valence-electron chi connectivity index (χ4n) is 3.59. The molecule has 1 atom stereocenters. The van der Waals surface area contributed by atoms with Crippen LogP contribution >= 0.6 is 11.6 Å². The molecule has 0 spiro atoms. The first kappa shape index (κ1) is 20.8.